The van der Waals surface area contributed by atoms with Crippen LogP contribution in [0.2, 0.25) is 0 Å². The molecule has 0 aliphatic carbocycles. The number of aromatic nitrogens is 1. The molecule has 1 heterocycles. The van der Waals surface area contributed by atoms with Crippen molar-refractivity contribution in [2.24, 2.45) is 0 Å². The van der Waals surface area contributed by atoms with Crippen molar-refractivity contribution in [1.82, 2.24) is 10.3 Å². The normalized spacial score (nSPS) is 10.6. The highest BCUT2D eigenvalue weighted by molar-refractivity contribution is 5.94. The van der Waals surface area contributed by atoms with Crippen LogP contribution in [0, 0.1) is 12.7 Å². The molecule has 0 fully saturated rings. The maximum atomic E-state index is 13.3. The fourth-order valence-electron chi connectivity index (χ4n) is 2.41. The Kier molecular flexibility index (Phi) is 4.70. The maximum Gasteiger partial charge on any atom is 0.251 e. The number of nitrogens with zero attached hydrogens (tertiary/aromatic N) is 1. The number of carbonyl (C=O) groups excluding carboxylic acids is 1. The highest BCUT2D eigenvalue weighted by Gasteiger charge is 2.09. The van der Waals surface area contributed by atoms with Gasteiger partial charge in [-0.3, -0.25) is 4.79 Å². The van der Waals surface area contributed by atoms with Crippen molar-refractivity contribution in [2.75, 3.05) is 6.54 Å². The van der Waals surface area contributed by atoms with Gasteiger partial charge in [0.15, 0.2) is 0 Å². The number of hydrogen-bond donors (Lipinski definition) is 1. The molecule has 0 saturated carbocycles. The Labute approximate surface area is 139 Å². The quantitative estimate of drug-likeness (QED) is 0.777. The van der Waals surface area contributed by atoms with Gasteiger partial charge in [0.1, 0.15) is 12.1 Å². The van der Waals surface area contributed by atoms with Crippen molar-refractivity contribution in [3.8, 4) is 11.5 Å². The highest BCUT2D eigenvalue weighted by atomic mass is 19.1. The van der Waals surface area contributed by atoms with Gasteiger partial charge in [0.25, 0.3) is 5.91 Å². The maximum absolute atomic E-state index is 13.3. The summed E-state index contributed by atoms with van der Waals surface area (Å²) in [5.41, 5.74) is 2.69. The second-order valence-electron chi connectivity index (χ2n) is 5.53. The summed E-state index contributed by atoms with van der Waals surface area (Å²) < 4.78 is 18.8. The molecule has 0 saturated heterocycles. The lowest BCUT2D eigenvalue weighted by Gasteiger charge is -2.05. The number of hydrogen-bond acceptors (Lipinski definition) is 3. The summed E-state index contributed by atoms with van der Waals surface area (Å²) in [6, 6.07) is 13.9. The third-order valence-electron chi connectivity index (χ3n) is 3.54. The first-order valence-electron chi connectivity index (χ1n) is 7.67. The average molecular weight is 324 g/mol. The summed E-state index contributed by atoms with van der Waals surface area (Å²) >= 11 is 0. The lowest BCUT2D eigenvalue weighted by molar-refractivity contribution is 0.0953. The molecule has 2 aromatic carbocycles. The Bertz CT molecular complexity index is 823. The molecule has 1 N–H and O–H groups in total. The Morgan fingerprint density at radius 2 is 2.00 bits per heavy atom. The van der Waals surface area contributed by atoms with Crippen LogP contribution in [0.5, 0.6) is 0 Å². The number of rotatable bonds is 5. The summed E-state index contributed by atoms with van der Waals surface area (Å²) in [7, 11) is 0. The fraction of sp³-hybridized carbons (Fsp3) is 0.158. The average Bonchev–Trinajstić information content (AvgIpc) is 3.03. The largest absolute Gasteiger partial charge is 0.444 e. The number of benzene rings is 2. The van der Waals surface area contributed by atoms with Crippen molar-refractivity contribution >= 4 is 5.91 Å². The zero-order chi connectivity index (χ0) is 16.9. The molecule has 24 heavy (non-hydrogen) atoms. The van der Waals surface area contributed by atoms with Gasteiger partial charge in [0.05, 0.1) is 5.69 Å². The molecule has 0 atom stereocenters. The van der Waals surface area contributed by atoms with E-state index < -0.39 is 5.82 Å². The third kappa shape index (κ3) is 3.87. The minimum atomic E-state index is -0.413. The standard InChI is InChI=1S/C19H17FN2O2/c1-13-9-15(11-16(20)10-13)18(23)21-8-7-17-12-24-19(22-17)14-5-3-2-4-6-14/h2-6,9-12H,7-8H2,1H3,(H,21,23). The first kappa shape index (κ1) is 15.9. The van der Waals surface area contributed by atoms with Crippen LogP contribution in [0.3, 0.4) is 0 Å². The summed E-state index contributed by atoms with van der Waals surface area (Å²) in [6.45, 7) is 2.15. The van der Waals surface area contributed by atoms with E-state index in [-0.39, 0.29) is 5.91 Å². The van der Waals surface area contributed by atoms with Crippen molar-refractivity contribution < 1.29 is 13.6 Å². The molecular weight excluding hydrogens is 307 g/mol. The first-order valence-corrected chi connectivity index (χ1v) is 7.67. The minimum absolute atomic E-state index is 0.302. The van der Waals surface area contributed by atoms with Crippen molar-refractivity contribution in [3.05, 3.63) is 77.4 Å². The van der Waals surface area contributed by atoms with Gasteiger partial charge in [-0.15, -0.1) is 0 Å². The predicted octanol–water partition coefficient (Wildman–Crippen LogP) is 3.76. The molecule has 1 amide bonds. The number of nitrogens with one attached hydrogen (secondary N) is 1. The van der Waals surface area contributed by atoms with E-state index in [1.807, 2.05) is 30.3 Å². The van der Waals surface area contributed by atoms with Gasteiger partial charge in [-0.1, -0.05) is 18.2 Å². The van der Waals surface area contributed by atoms with Crippen LogP contribution < -0.4 is 5.32 Å². The van der Waals surface area contributed by atoms with Gasteiger partial charge in [-0.25, -0.2) is 9.37 Å². The van der Waals surface area contributed by atoms with Crippen LogP contribution in [-0.4, -0.2) is 17.4 Å². The molecule has 0 unspecified atom stereocenters. The van der Waals surface area contributed by atoms with Crippen LogP contribution >= 0.6 is 0 Å². The fourth-order valence-corrected chi connectivity index (χ4v) is 2.41. The van der Waals surface area contributed by atoms with E-state index in [2.05, 4.69) is 10.3 Å². The van der Waals surface area contributed by atoms with Crippen LogP contribution in [0.15, 0.2) is 59.2 Å². The van der Waals surface area contributed by atoms with Crippen molar-refractivity contribution in [2.45, 2.75) is 13.3 Å². The molecule has 1 aromatic heterocycles. The van der Waals surface area contributed by atoms with E-state index in [0.717, 1.165) is 11.3 Å². The van der Waals surface area contributed by atoms with Gasteiger partial charge >= 0.3 is 0 Å². The smallest absolute Gasteiger partial charge is 0.251 e. The van der Waals surface area contributed by atoms with E-state index in [0.29, 0.717) is 30.0 Å². The minimum Gasteiger partial charge on any atom is -0.444 e. The Hall–Kier alpha value is -2.95. The van der Waals surface area contributed by atoms with Gasteiger partial charge in [-0.2, -0.15) is 0 Å². The molecule has 0 spiro atoms. The lowest BCUT2D eigenvalue weighted by Crippen LogP contribution is -2.26. The highest BCUT2D eigenvalue weighted by Crippen LogP contribution is 2.18. The second-order valence-corrected chi connectivity index (χ2v) is 5.53. The van der Waals surface area contributed by atoms with Crippen molar-refractivity contribution in [1.29, 1.82) is 0 Å². The van der Waals surface area contributed by atoms with Gasteiger partial charge in [0, 0.05) is 24.1 Å². The number of oxazole rings is 1. The number of amides is 1. The van der Waals surface area contributed by atoms with E-state index in [4.69, 9.17) is 4.42 Å². The van der Waals surface area contributed by atoms with E-state index in [9.17, 15) is 9.18 Å². The molecule has 0 aliphatic heterocycles. The van der Waals surface area contributed by atoms with E-state index in [1.54, 1.807) is 19.3 Å². The molecule has 4 nitrogen and oxygen atoms in total. The molecule has 122 valence electrons. The van der Waals surface area contributed by atoms with E-state index >= 15 is 0 Å². The van der Waals surface area contributed by atoms with Crippen LogP contribution in [0.4, 0.5) is 4.39 Å². The summed E-state index contributed by atoms with van der Waals surface area (Å²) in [5.74, 6) is -0.161. The molecule has 5 heteroatoms. The Morgan fingerprint density at radius 1 is 1.21 bits per heavy atom. The summed E-state index contributed by atoms with van der Waals surface area (Å²) in [5, 5.41) is 2.76. The Balaban J connectivity index is 1.57. The van der Waals surface area contributed by atoms with Gasteiger partial charge in [0.2, 0.25) is 5.89 Å². The van der Waals surface area contributed by atoms with Gasteiger partial charge < -0.3 is 9.73 Å². The number of halogens is 1. The molecular formula is C19H17FN2O2. The topological polar surface area (TPSA) is 55.1 Å². The summed E-state index contributed by atoms with van der Waals surface area (Å²) in [6.07, 6.45) is 2.12. The molecule has 3 aromatic rings. The third-order valence-corrected chi connectivity index (χ3v) is 3.54. The zero-order valence-electron chi connectivity index (χ0n) is 13.3. The predicted molar refractivity (Wildman–Crippen MR) is 89.1 cm³/mol. The number of carbonyl (C=O) groups is 1. The molecule has 0 bridgehead atoms. The first-order chi connectivity index (χ1) is 11.6. The van der Waals surface area contributed by atoms with Crippen molar-refractivity contribution in [3.63, 3.8) is 0 Å². The monoisotopic (exact) mass is 324 g/mol. The van der Waals surface area contributed by atoms with Crippen LogP contribution in [-0.2, 0) is 6.42 Å². The number of aryl methyl sites for hydroxylation is 1. The van der Waals surface area contributed by atoms with Crippen LogP contribution in [0.25, 0.3) is 11.5 Å². The summed E-state index contributed by atoms with van der Waals surface area (Å²) in [4.78, 5) is 16.4. The van der Waals surface area contributed by atoms with E-state index in [1.165, 1.54) is 12.1 Å². The van der Waals surface area contributed by atoms with Crippen LogP contribution in [0.1, 0.15) is 21.6 Å². The lowest BCUT2D eigenvalue weighted by atomic mass is 10.1. The zero-order valence-corrected chi connectivity index (χ0v) is 13.3. The molecule has 0 radical (unpaired) electrons. The Morgan fingerprint density at radius 3 is 2.75 bits per heavy atom. The second kappa shape index (κ2) is 7.08. The SMILES string of the molecule is Cc1cc(F)cc(C(=O)NCCc2coc(-c3ccccc3)n2)c1. The molecule has 0 aliphatic rings. The van der Waals surface area contributed by atoms with Gasteiger partial charge in [-0.05, 0) is 42.8 Å². The molecule has 3 rings (SSSR count).